The Bertz CT molecular complexity index is 978. The third kappa shape index (κ3) is 5.45. The number of hydrogen-bond acceptors (Lipinski definition) is 5. The quantitative estimate of drug-likeness (QED) is 0.622. The van der Waals surface area contributed by atoms with Crippen molar-refractivity contribution in [2.45, 2.75) is 25.9 Å². The van der Waals surface area contributed by atoms with Gasteiger partial charge in [0.15, 0.2) is 6.10 Å². The van der Waals surface area contributed by atoms with Gasteiger partial charge in [0.1, 0.15) is 18.1 Å². The normalized spacial score (nSPS) is 18.6. The number of nitrogens with one attached hydrogen (secondary N) is 1. The molecule has 2 amide bonds. The van der Waals surface area contributed by atoms with E-state index in [-0.39, 0.29) is 24.2 Å². The molecule has 2 aromatic carbocycles. The fraction of sp³-hybridized carbons (Fsp3) is 0.440. The highest BCUT2D eigenvalue weighted by Crippen LogP contribution is 2.34. The summed E-state index contributed by atoms with van der Waals surface area (Å²) in [7, 11) is 0. The molecule has 2 aliphatic rings. The van der Waals surface area contributed by atoms with Crippen LogP contribution >= 0.6 is 0 Å². The van der Waals surface area contributed by atoms with Crippen LogP contribution in [0.1, 0.15) is 19.8 Å². The number of fused-ring (bicyclic) bond motifs is 1. The van der Waals surface area contributed by atoms with Crippen LogP contribution in [0.3, 0.4) is 0 Å². The largest absolute Gasteiger partial charge is 0.478 e. The highest BCUT2D eigenvalue weighted by molar-refractivity contribution is 6.03. The number of piperazine rings is 1. The standard InChI is InChI=1S/C25H31FN4O3/c1-2-22-25(32)30(21-10-5-6-11-23(21)33-22)18-24(31)27-12-7-13-28-14-16-29(17-15-28)20-9-4-3-8-19(20)26/h3-6,8-11,22H,2,7,12-18H2,1H3,(H,27,31)/t22-/m1/s1. The van der Waals surface area contributed by atoms with Crippen LogP contribution in [0.2, 0.25) is 0 Å². The molecule has 4 rings (SSSR count). The van der Waals surface area contributed by atoms with Gasteiger partial charge in [-0.2, -0.15) is 0 Å². The number of anilines is 2. The molecule has 2 heterocycles. The number of benzene rings is 2. The molecule has 33 heavy (non-hydrogen) atoms. The summed E-state index contributed by atoms with van der Waals surface area (Å²) in [5, 5.41) is 2.94. The molecule has 0 aliphatic carbocycles. The number of carbonyl (C=O) groups is 2. The van der Waals surface area contributed by atoms with Crippen LogP contribution in [0.15, 0.2) is 48.5 Å². The molecule has 0 unspecified atom stereocenters. The minimum Gasteiger partial charge on any atom is -0.478 e. The Balaban J connectivity index is 1.20. The Morgan fingerprint density at radius 1 is 1.06 bits per heavy atom. The molecule has 8 heteroatoms. The Morgan fingerprint density at radius 3 is 2.48 bits per heavy atom. The number of carbonyl (C=O) groups excluding carboxylic acids is 2. The summed E-state index contributed by atoms with van der Waals surface area (Å²) in [6.07, 6.45) is 0.808. The van der Waals surface area contributed by atoms with Gasteiger partial charge in [-0.25, -0.2) is 4.39 Å². The number of nitrogens with zero attached hydrogens (tertiary/aromatic N) is 3. The molecule has 7 nitrogen and oxygen atoms in total. The van der Waals surface area contributed by atoms with Crippen molar-refractivity contribution in [2.75, 3.05) is 55.6 Å². The van der Waals surface area contributed by atoms with Crippen molar-refractivity contribution in [3.8, 4) is 5.75 Å². The Hall–Kier alpha value is -3.13. The van der Waals surface area contributed by atoms with E-state index >= 15 is 0 Å². The first-order valence-electron chi connectivity index (χ1n) is 11.6. The molecule has 1 saturated heterocycles. The molecule has 1 N–H and O–H groups in total. The van der Waals surface area contributed by atoms with Gasteiger partial charge in [0.2, 0.25) is 5.91 Å². The van der Waals surface area contributed by atoms with E-state index in [4.69, 9.17) is 4.74 Å². The number of para-hydroxylation sites is 3. The molecule has 2 aromatic rings. The van der Waals surface area contributed by atoms with Gasteiger partial charge in [-0.3, -0.25) is 19.4 Å². The van der Waals surface area contributed by atoms with Crippen LogP contribution < -0.4 is 19.9 Å². The molecular formula is C25H31FN4O3. The van der Waals surface area contributed by atoms with Crippen LogP contribution in [-0.4, -0.2) is 68.6 Å². The SMILES string of the molecule is CC[C@H]1Oc2ccccc2N(CC(=O)NCCCN2CCN(c3ccccc3F)CC2)C1=O. The van der Waals surface area contributed by atoms with E-state index in [0.717, 1.165) is 39.1 Å². The summed E-state index contributed by atoms with van der Waals surface area (Å²) in [5.74, 6) is 0.0879. The summed E-state index contributed by atoms with van der Waals surface area (Å²) >= 11 is 0. The van der Waals surface area contributed by atoms with E-state index in [1.807, 2.05) is 37.3 Å². The minimum absolute atomic E-state index is 0.0168. The zero-order valence-corrected chi connectivity index (χ0v) is 19.0. The first kappa shape index (κ1) is 23.0. The summed E-state index contributed by atoms with van der Waals surface area (Å²) in [6, 6.07) is 14.2. The number of halogens is 1. The van der Waals surface area contributed by atoms with Gasteiger partial charge >= 0.3 is 0 Å². The monoisotopic (exact) mass is 454 g/mol. The van der Waals surface area contributed by atoms with E-state index < -0.39 is 6.10 Å². The average Bonchev–Trinajstić information content (AvgIpc) is 2.84. The van der Waals surface area contributed by atoms with Gasteiger partial charge in [0, 0.05) is 32.7 Å². The van der Waals surface area contributed by atoms with Gasteiger partial charge in [0.05, 0.1) is 11.4 Å². The smallest absolute Gasteiger partial charge is 0.268 e. The van der Waals surface area contributed by atoms with E-state index in [9.17, 15) is 14.0 Å². The van der Waals surface area contributed by atoms with Crippen LogP contribution in [0.5, 0.6) is 5.75 Å². The summed E-state index contributed by atoms with van der Waals surface area (Å²) in [5.41, 5.74) is 1.30. The van der Waals surface area contributed by atoms with Crippen molar-refractivity contribution in [1.82, 2.24) is 10.2 Å². The molecule has 0 spiro atoms. The van der Waals surface area contributed by atoms with Crippen LogP contribution in [0.4, 0.5) is 15.8 Å². The second kappa shape index (κ2) is 10.7. The van der Waals surface area contributed by atoms with E-state index in [1.54, 1.807) is 12.1 Å². The van der Waals surface area contributed by atoms with Crippen molar-refractivity contribution in [3.63, 3.8) is 0 Å². The number of amides is 2. The molecule has 1 fully saturated rings. The Morgan fingerprint density at radius 2 is 1.76 bits per heavy atom. The molecular weight excluding hydrogens is 423 g/mol. The molecule has 0 saturated carbocycles. The maximum absolute atomic E-state index is 14.0. The van der Waals surface area contributed by atoms with Crippen molar-refractivity contribution in [1.29, 1.82) is 0 Å². The van der Waals surface area contributed by atoms with Crippen LogP contribution in [-0.2, 0) is 9.59 Å². The van der Waals surface area contributed by atoms with Gasteiger partial charge in [-0.1, -0.05) is 31.2 Å². The van der Waals surface area contributed by atoms with E-state index in [1.165, 1.54) is 11.0 Å². The third-order valence-corrected chi connectivity index (χ3v) is 6.18. The number of rotatable bonds is 8. The lowest BCUT2D eigenvalue weighted by atomic mass is 10.1. The number of ether oxygens (including phenoxy) is 1. The maximum atomic E-state index is 14.0. The predicted octanol–water partition coefficient (Wildman–Crippen LogP) is 2.66. The minimum atomic E-state index is -0.560. The molecule has 2 aliphatic heterocycles. The maximum Gasteiger partial charge on any atom is 0.268 e. The summed E-state index contributed by atoms with van der Waals surface area (Å²) in [6.45, 7) is 6.57. The fourth-order valence-corrected chi connectivity index (χ4v) is 4.35. The van der Waals surface area contributed by atoms with Crippen molar-refractivity contribution in [2.24, 2.45) is 0 Å². The van der Waals surface area contributed by atoms with Crippen LogP contribution in [0, 0.1) is 5.82 Å². The van der Waals surface area contributed by atoms with Crippen LogP contribution in [0.25, 0.3) is 0 Å². The summed E-state index contributed by atoms with van der Waals surface area (Å²) < 4.78 is 19.7. The lowest BCUT2D eigenvalue weighted by Gasteiger charge is -2.36. The zero-order valence-electron chi connectivity index (χ0n) is 19.0. The highest BCUT2D eigenvalue weighted by Gasteiger charge is 2.34. The summed E-state index contributed by atoms with van der Waals surface area (Å²) in [4.78, 5) is 31.2. The third-order valence-electron chi connectivity index (χ3n) is 6.18. The molecule has 0 aromatic heterocycles. The molecule has 1 atom stereocenters. The van der Waals surface area contributed by atoms with E-state index in [0.29, 0.717) is 30.1 Å². The van der Waals surface area contributed by atoms with Gasteiger partial charge in [-0.15, -0.1) is 0 Å². The second-order valence-electron chi connectivity index (χ2n) is 8.39. The fourth-order valence-electron chi connectivity index (χ4n) is 4.35. The Labute approximate surface area is 194 Å². The first-order chi connectivity index (χ1) is 16.1. The van der Waals surface area contributed by atoms with Gasteiger partial charge in [0.25, 0.3) is 5.91 Å². The zero-order chi connectivity index (χ0) is 23.2. The molecule has 176 valence electrons. The topological polar surface area (TPSA) is 65.1 Å². The average molecular weight is 455 g/mol. The Kier molecular flexibility index (Phi) is 7.44. The predicted molar refractivity (Wildman–Crippen MR) is 126 cm³/mol. The van der Waals surface area contributed by atoms with E-state index in [2.05, 4.69) is 15.1 Å². The van der Waals surface area contributed by atoms with Crippen molar-refractivity contribution in [3.05, 3.63) is 54.3 Å². The van der Waals surface area contributed by atoms with Gasteiger partial charge < -0.3 is 15.0 Å². The lowest BCUT2D eigenvalue weighted by Crippen LogP contribution is -2.50. The number of hydrogen-bond donors (Lipinski definition) is 1. The van der Waals surface area contributed by atoms with Crippen molar-refractivity contribution < 1.29 is 18.7 Å². The van der Waals surface area contributed by atoms with Crippen molar-refractivity contribution >= 4 is 23.2 Å². The van der Waals surface area contributed by atoms with Gasteiger partial charge in [-0.05, 0) is 43.7 Å². The second-order valence-corrected chi connectivity index (χ2v) is 8.39. The lowest BCUT2D eigenvalue weighted by molar-refractivity contribution is -0.129. The first-order valence-corrected chi connectivity index (χ1v) is 11.6. The molecule has 0 radical (unpaired) electrons. The molecule has 0 bridgehead atoms. The highest BCUT2D eigenvalue weighted by atomic mass is 19.1.